The number of carbonyl (C=O) groups is 1. The summed E-state index contributed by atoms with van der Waals surface area (Å²) >= 11 is 0. The summed E-state index contributed by atoms with van der Waals surface area (Å²) < 4.78 is 5.19. The van der Waals surface area contributed by atoms with Crippen LogP contribution in [-0.4, -0.2) is 12.9 Å². The molecule has 0 saturated heterocycles. The first-order valence-electron chi connectivity index (χ1n) is 6.69. The van der Waals surface area contributed by atoms with Crippen molar-refractivity contribution in [3.63, 3.8) is 0 Å². The first kappa shape index (κ1) is 14.1. The Balaban J connectivity index is 1.92. The van der Waals surface area contributed by atoms with Crippen molar-refractivity contribution in [3.05, 3.63) is 77.9 Å². The fourth-order valence-electron chi connectivity index (χ4n) is 2.02. The van der Waals surface area contributed by atoms with Crippen molar-refractivity contribution >= 4 is 5.78 Å². The number of rotatable bonds is 6. The Morgan fingerprint density at radius 3 is 2.50 bits per heavy atom. The molecule has 102 valence electrons. The zero-order chi connectivity index (χ0) is 14.2. The van der Waals surface area contributed by atoms with Crippen molar-refractivity contribution in [2.45, 2.75) is 12.8 Å². The molecule has 0 atom stereocenters. The van der Waals surface area contributed by atoms with Gasteiger partial charge >= 0.3 is 0 Å². The molecule has 0 spiro atoms. The third-order valence-electron chi connectivity index (χ3n) is 3.08. The average Bonchev–Trinajstić information content (AvgIpc) is 2.52. The Bertz CT molecular complexity index is 585. The Morgan fingerprint density at radius 1 is 1.05 bits per heavy atom. The molecule has 0 aromatic heterocycles. The Labute approximate surface area is 119 Å². The van der Waals surface area contributed by atoms with E-state index in [1.807, 2.05) is 36.4 Å². The van der Waals surface area contributed by atoms with Crippen molar-refractivity contribution in [1.29, 1.82) is 0 Å². The lowest BCUT2D eigenvalue weighted by molar-refractivity contribution is 0.104. The number of ketones is 1. The minimum Gasteiger partial charge on any atom is -0.496 e. The van der Waals surface area contributed by atoms with Gasteiger partial charge in [-0.2, -0.15) is 0 Å². The van der Waals surface area contributed by atoms with Crippen LogP contribution in [0.4, 0.5) is 0 Å². The molecular formula is C18H18O2. The van der Waals surface area contributed by atoms with Crippen LogP contribution in [0.3, 0.4) is 0 Å². The van der Waals surface area contributed by atoms with Gasteiger partial charge in [-0.05, 0) is 36.6 Å². The van der Waals surface area contributed by atoms with Crippen LogP contribution < -0.4 is 4.74 Å². The van der Waals surface area contributed by atoms with Gasteiger partial charge in [0.25, 0.3) is 0 Å². The molecule has 2 aromatic carbocycles. The number of ether oxygens (including phenoxy) is 1. The van der Waals surface area contributed by atoms with Gasteiger partial charge in [0.05, 0.1) is 12.7 Å². The van der Waals surface area contributed by atoms with E-state index in [0.29, 0.717) is 11.3 Å². The number of hydrogen-bond acceptors (Lipinski definition) is 2. The summed E-state index contributed by atoms with van der Waals surface area (Å²) in [5.74, 6) is 0.598. The lowest BCUT2D eigenvalue weighted by atomic mass is 10.1. The van der Waals surface area contributed by atoms with Gasteiger partial charge in [-0.1, -0.05) is 48.5 Å². The normalized spacial score (nSPS) is 10.7. The number of aryl methyl sites for hydroxylation is 1. The van der Waals surface area contributed by atoms with Crippen LogP contribution in [0.25, 0.3) is 0 Å². The van der Waals surface area contributed by atoms with Gasteiger partial charge in [-0.25, -0.2) is 0 Å². The zero-order valence-electron chi connectivity index (χ0n) is 11.6. The van der Waals surface area contributed by atoms with E-state index >= 15 is 0 Å². The van der Waals surface area contributed by atoms with E-state index in [1.54, 1.807) is 25.3 Å². The molecule has 0 heterocycles. The summed E-state index contributed by atoms with van der Waals surface area (Å²) in [5, 5.41) is 0. The van der Waals surface area contributed by atoms with Crippen LogP contribution in [0.15, 0.2) is 66.7 Å². The van der Waals surface area contributed by atoms with Gasteiger partial charge in [0.15, 0.2) is 5.78 Å². The van der Waals surface area contributed by atoms with Crippen LogP contribution in [0.2, 0.25) is 0 Å². The second kappa shape index (κ2) is 7.29. The smallest absolute Gasteiger partial charge is 0.189 e. The van der Waals surface area contributed by atoms with E-state index in [1.165, 1.54) is 5.56 Å². The van der Waals surface area contributed by atoms with Crippen molar-refractivity contribution in [2.75, 3.05) is 7.11 Å². The first-order valence-corrected chi connectivity index (χ1v) is 6.69. The maximum absolute atomic E-state index is 12.1. The van der Waals surface area contributed by atoms with Crippen LogP contribution in [-0.2, 0) is 6.42 Å². The molecule has 2 nitrogen and oxygen atoms in total. The largest absolute Gasteiger partial charge is 0.496 e. The van der Waals surface area contributed by atoms with Gasteiger partial charge in [0, 0.05) is 0 Å². The predicted octanol–water partition coefficient (Wildman–Crippen LogP) is 4.07. The molecule has 0 aliphatic rings. The summed E-state index contributed by atoms with van der Waals surface area (Å²) in [6.45, 7) is 0. The number of para-hydroxylation sites is 1. The summed E-state index contributed by atoms with van der Waals surface area (Å²) in [7, 11) is 1.57. The van der Waals surface area contributed by atoms with Crippen molar-refractivity contribution < 1.29 is 9.53 Å². The third-order valence-corrected chi connectivity index (χ3v) is 3.08. The first-order chi connectivity index (χ1) is 9.81. The standard InChI is InChI=1S/C18H18O2/c1-20-18-14-8-6-12-16(18)17(19)13-7-5-11-15-9-3-2-4-10-15/h2-4,6-10,12-14H,5,11H2,1H3/b13-7+. The molecule has 0 aliphatic heterocycles. The molecule has 0 radical (unpaired) electrons. The number of hydrogen-bond donors (Lipinski definition) is 0. The van der Waals surface area contributed by atoms with Gasteiger partial charge in [-0.15, -0.1) is 0 Å². The van der Waals surface area contributed by atoms with E-state index in [0.717, 1.165) is 12.8 Å². The summed E-state index contributed by atoms with van der Waals surface area (Å²) in [6.07, 6.45) is 5.34. The molecule has 0 aliphatic carbocycles. The highest BCUT2D eigenvalue weighted by Crippen LogP contribution is 2.18. The Morgan fingerprint density at radius 2 is 1.75 bits per heavy atom. The summed E-state index contributed by atoms with van der Waals surface area (Å²) in [5.41, 5.74) is 1.88. The maximum Gasteiger partial charge on any atom is 0.189 e. The van der Waals surface area contributed by atoms with Gasteiger partial charge in [0.2, 0.25) is 0 Å². The molecular weight excluding hydrogens is 248 g/mol. The molecule has 0 saturated carbocycles. The quantitative estimate of drug-likeness (QED) is 0.582. The minimum atomic E-state index is -0.0180. The van der Waals surface area contributed by atoms with E-state index in [9.17, 15) is 4.79 Å². The second-order valence-electron chi connectivity index (χ2n) is 4.49. The van der Waals surface area contributed by atoms with Crippen LogP contribution >= 0.6 is 0 Å². The minimum absolute atomic E-state index is 0.0180. The summed E-state index contributed by atoms with van der Waals surface area (Å²) in [6, 6.07) is 17.5. The average molecular weight is 266 g/mol. The van der Waals surface area contributed by atoms with Crippen molar-refractivity contribution in [3.8, 4) is 5.75 Å². The predicted molar refractivity (Wildman–Crippen MR) is 81.2 cm³/mol. The number of carbonyl (C=O) groups excluding carboxylic acids is 1. The fourth-order valence-corrected chi connectivity index (χ4v) is 2.02. The molecule has 0 amide bonds. The van der Waals surface area contributed by atoms with Crippen molar-refractivity contribution in [1.82, 2.24) is 0 Å². The molecule has 0 unspecified atom stereocenters. The van der Waals surface area contributed by atoms with E-state index in [4.69, 9.17) is 4.74 Å². The number of allylic oxidation sites excluding steroid dienone is 2. The molecule has 0 fully saturated rings. The second-order valence-corrected chi connectivity index (χ2v) is 4.49. The molecule has 0 N–H and O–H groups in total. The third kappa shape index (κ3) is 3.82. The molecule has 2 heteroatoms. The topological polar surface area (TPSA) is 26.3 Å². The number of benzene rings is 2. The Kier molecular flexibility index (Phi) is 5.13. The molecule has 2 aromatic rings. The molecule has 20 heavy (non-hydrogen) atoms. The van der Waals surface area contributed by atoms with E-state index in [2.05, 4.69) is 12.1 Å². The van der Waals surface area contributed by atoms with E-state index < -0.39 is 0 Å². The van der Waals surface area contributed by atoms with Crippen LogP contribution in [0, 0.1) is 0 Å². The fraction of sp³-hybridized carbons (Fsp3) is 0.167. The van der Waals surface area contributed by atoms with E-state index in [-0.39, 0.29) is 5.78 Å². The lowest BCUT2D eigenvalue weighted by Gasteiger charge is -2.04. The van der Waals surface area contributed by atoms with Crippen LogP contribution in [0.5, 0.6) is 5.75 Å². The highest BCUT2D eigenvalue weighted by atomic mass is 16.5. The lowest BCUT2D eigenvalue weighted by Crippen LogP contribution is -1.98. The Hall–Kier alpha value is -2.35. The molecule has 0 bridgehead atoms. The summed E-state index contributed by atoms with van der Waals surface area (Å²) in [4.78, 5) is 12.1. The molecule has 2 rings (SSSR count). The monoisotopic (exact) mass is 266 g/mol. The SMILES string of the molecule is COc1ccccc1C(=O)/C=C/CCc1ccccc1. The van der Waals surface area contributed by atoms with Gasteiger partial charge in [0.1, 0.15) is 5.75 Å². The van der Waals surface area contributed by atoms with Gasteiger partial charge in [-0.3, -0.25) is 4.79 Å². The van der Waals surface area contributed by atoms with Crippen LogP contribution in [0.1, 0.15) is 22.3 Å². The zero-order valence-corrected chi connectivity index (χ0v) is 11.6. The highest BCUT2D eigenvalue weighted by molar-refractivity contribution is 6.06. The highest BCUT2D eigenvalue weighted by Gasteiger charge is 2.07. The van der Waals surface area contributed by atoms with Crippen molar-refractivity contribution in [2.24, 2.45) is 0 Å². The van der Waals surface area contributed by atoms with Gasteiger partial charge < -0.3 is 4.74 Å². The maximum atomic E-state index is 12.1. The number of methoxy groups -OCH3 is 1.